The molecule has 2 N–H and O–H groups in total. The molecule has 1 aromatic carbocycles. The minimum Gasteiger partial charge on any atom is -0.481 e. The van der Waals surface area contributed by atoms with Crippen molar-refractivity contribution in [1.82, 2.24) is 9.80 Å². The van der Waals surface area contributed by atoms with Crippen molar-refractivity contribution in [1.29, 1.82) is 0 Å². The monoisotopic (exact) mass is 849 g/mol. The lowest BCUT2D eigenvalue weighted by Gasteiger charge is -2.72. The average molecular weight is 850 g/mol. The van der Waals surface area contributed by atoms with Gasteiger partial charge in [-0.05, 0) is 135 Å². The van der Waals surface area contributed by atoms with Crippen LogP contribution in [0.3, 0.4) is 0 Å². The number of carboxylic acid groups (broad SMARTS) is 1. The van der Waals surface area contributed by atoms with Crippen LogP contribution in [0, 0.1) is 56.2 Å². The van der Waals surface area contributed by atoms with Crippen LogP contribution in [0.2, 0.25) is 5.02 Å². The first-order chi connectivity index (χ1) is 28.0. The van der Waals surface area contributed by atoms with Crippen LogP contribution in [0.25, 0.3) is 0 Å². The number of fused-ring (bicyclic) bond motifs is 7. The molecule has 7 rings (SSSR count). The minimum atomic E-state index is -1.18. The Labute approximate surface area is 364 Å². The van der Waals surface area contributed by atoms with Crippen molar-refractivity contribution in [2.24, 2.45) is 56.2 Å². The largest absolute Gasteiger partial charge is 0.481 e. The van der Waals surface area contributed by atoms with Gasteiger partial charge in [0, 0.05) is 61.4 Å². The Morgan fingerprint density at radius 2 is 1.65 bits per heavy atom. The van der Waals surface area contributed by atoms with E-state index >= 15 is 0 Å². The number of carbonyl (C=O) groups excluding carboxylic acids is 3. The van der Waals surface area contributed by atoms with E-state index in [-0.39, 0.29) is 57.7 Å². The smallest absolute Gasteiger partial charge is 0.309 e. The van der Waals surface area contributed by atoms with Crippen LogP contribution in [-0.2, 0) is 30.5 Å². The van der Waals surface area contributed by atoms with Crippen molar-refractivity contribution in [3.05, 3.63) is 46.0 Å². The summed E-state index contributed by atoms with van der Waals surface area (Å²) in [6, 6.07) is 7.87. The molecule has 10 heteroatoms. The second kappa shape index (κ2) is 16.1. The fourth-order valence-electron chi connectivity index (χ4n) is 14.6. The van der Waals surface area contributed by atoms with Crippen LogP contribution in [0.4, 0.5) is 0 Å². The van der Waals surface area contributed by atoms with E-state index in [4.69, 9.17) is 16.3 Å². The van der Waals surface area contributed by atoms with Gasteiger partial charge in [0.2, 0.25) is 5.91 Å². The molecule has 2 unspecified atom stereocenters. The number of aliphatic hydroxyl groups excluding tert-OH is 1. The van der Waals surface area contributed by atoms with Crippen LogP contribution in [0.5, 0.6) is 0 Å². The van der Waals surface area contributed by atoms with E-state index in [1.807, 2.05) is 29.2 Å². The molecule has 1 heterocycles. The number of hydrogen-bond acceptors (Lipinski definition) is 7. The summed E-state index contributed by atoms with van der Waals surface area (Å²) in [5, 5.41) is 23.1. The Morgan fingerprint density at radius 1 is 0.950 bits per heavy atom. The van der Waals surface area contributed by atoms with Crippen molar-refractivity contribution in [2.75, 3.05) is 26.2 Å². The molecule has 9 nitrogen and oxygen atoms in total. The molecule has 1 aromatic rings. The summed E-state index contributed by atoms with van der Waals surface area (Å²) in [4.78, 5) is 56.3. The molecule has 9 atom stereocenters. The molecule has 332 valence electrons. The van der Waals surface area contributed by atoms with Crippen molar-refractivity contribution in [2.45, 2.75) is 158 Å². The molecule has 0 bridgehead atoms. The van der Waals surface area contributed by atoms with Crippen LogP contribution in [-0.4, -0.2) is 82.0 Å². The topological polar surface area (TPSA) is 124 Å². The Kier molecular flexibility index (Phi) is 12.2. The number of carbonyl (C=O) groups is 4. The number of amides is 1. The molecule has 4 saturated carbocycles. The van der Waals surface area contributed by atoms with E-state index in [0.717, 1.165) is 75.5 Å². The lowest BCUT2D eigenvalue weighted by Crippen LogP contribution is -2.66. The summed E-state index contributed by atoms with van der Waals surface area (Å²) < 4.78 is 6.20. The highest BCUT2D eigenvalue weighted by atomic mass is 35.5. The number of ketones is 1. The van der Waals surface area contributed by atoms with Gasteiger partial charge in [0.1, 0.15) is 6.10 Å². The van der Waals surface area contributed by atoms with Gasteiger partial charge >= 0.3 is 11.9 Å². The van der Waals surface area contributed by atoms with Crippen molar-refractivity contribution >= 4 is 35.2 Å². The van der Waals surface area contributed by atoms with Crippen LogP contribution in [0.15, 0.2) is 35.4 Å². The molecule has 1 aliphatic heterocycles. The number of esters is 1. The number of halogens is 1. The number of nitrogens with zero attached hydrogens (tertiary/aromatic N) is 2. The highest BCUT2D eigenvalue weighted by Gasteiger charge is 2.71. The number of aliphatic hydroxyl groups is 1. The van der Waals surface area contributed by atoms with Crippen molar-refractivity contribution in [3.8, 4) is 0 Å². The number of carboxylic acids is 1. The van der Waals surface area contributed by atoms with E-state index in [2.05, 4.69) is 53.4 Å². The summed E-state index contributed by atoms with van der Waals surface area (Å²) in [6.07, 6.45) is 8.25. The maximum Gasteiger partial charge on any atom is 0.309 e. The second-order valence-corrected chi connectivity index (χ2v) is 22.9. The molecule has 1 saturated heterocycles. The van der Waals surface area contributed by atoms with E-state index in [0.29, 0.717) is 55.9 Å². The third kappa shape index (κ3) is 7.50. The number of aliphatic carboxylic acids is 1. The van der Waals surface area contributed by atoms with Gasteiger partial charge in [-0.1, -0.05) is 77.8 Å². The van der Waals surface area contributed by atoms with Crippen LogP contribution < -0.4 is 0 Å². The van der Waals surface area contributed by atoms with E-state index < -0.39 is 28.9 Å². The summed E-state index contributed by atoms with van der Waals surface area (Å²) in [6.45, 7) is 22.7. The van der Waals surface area contributed by atoms with E-state index in [1.54, 1.807) is 13.8 Å². The first-order valence-corrected chi connectivity index (χ1v) is 23.5. The summed E-state index contributed by atoms with van der Waals surface area (Å²) in [5.74, 6) is 0.0288. The maximum atomic E-state index is 14.4. The third-order valence-electron chi connectivity index (χ3n) is 18.1. The summed E-state index contributed by atoms with van der Waals surface area (Å²) in [7, 11) is 0. The van der Waals surface area contributed by atoms with Crippen molar-refractivity contribution in [3.63, 3.8) is 0 Å². The number of Topliss-reactive ketones (excluding diaryl/α,β-unsaturated/α-hetero) is 1. The number of ether oxygens (including phenoxy) is 1. The summed E-state index contributed by atoms with van der Waals surface area (Å²) in [5.41, 5.74) is 1.22. The molecule has 0 spiro atoms. The van der Waals surface area contributed by atoms with Gasteiger partial charge in [0.15, 0.2) is 5.78 Å². The number of benzene rings is 1. The molecule has 0 aromatic heterocycles. The lowest BCUT2D eigenvalue weighted by molar-refractivity contribution is -0.235. The fourth-order valence-corrected chi connectivity index (χ4v) is 14.7. The maximum absolute atomic E-state index is 14.4. The van der Waals surface area contributed by atoms with Crippen molar-refractivity contribution < 1.29 is 34.1 Å². The molecule has 5 aliphatic carbocycles. The molecule has 1 amide bonds. The van der Waals surface area contributed by atoms with E-state index in [9.17, 15) is 29.4 Å². The molecular weight excluding hydrogens is 776 g/mol. The highest BCUT2D eigenvalue weighted by molar-refractivity contribution is 6.30. The van der Waals surface area contributed by atoms with Gasteiger partial charge in [-0.2, -0.15) is 0 Å². The van der Waals surface area contributed by atoms with Gasteiger partial charge in [0.05, 0.1) is 17.9 Å². The standard InChI is InChI=1S/C50H73ClN2O7/c1-31(2)42-35(54)27-50(38(55)30-52(25-26-53-24-10-11-40(53)56)29-32-12-14-33(51)15-13-32)23-22-48(8)34(43(42)50)16-17-37-47(7)20-19-39(60-41(57)28-45(3,4)44(58)59)46(5,6)36(47)18-21-49(37,48)9/h12-15,31,34,36-39,55H,10-11,16-30H2,1-9H3,(H,58,59)/t34-,36+,37-,38?,39+,47+,48-,49-,50?/m1/s1. The third-order valence-corrected chi connectivity index (χ3v) is 18.4. The number of rotatable bonds is 13. The minimum absolute atomic E-state index is 0.00694. The highest BCUT2D eigenvalue weighted by Crippen LogP contribution is 2.77. The zero-order valence-corrected chi connectivity index (χ0v) is 38.8. The fraction of sp³-hybridized carbons (Fsp3) is 0.760. The lowest BCUT2D eigenvalue weighted by atomic mass is 9.33. The molecule has 5 fully saturated rings. The first kappa shape index (κ1) is 45.3. The molecule has 60 heavy (non-hydrogen) atoms. The summed E-state index contributed by atoms with van der Waals surface area (Å²) >= 11 is 6.27. The zero-order valence-electron chi connectivity index (χ0n) is 38.0. The normalized spacial score (nSPS) is 35.6. The number of likely N-dealkylation sites (tertiary alicyclic amines) is 1. The first-order valence-electron chi connectivity index (χ1n) is 23.1. The average Bonchev–Trinajstić information content (AvgIpc) is 3.72. The Morgan fingerprint density at radius 3 is 2.28 bits per heavy atom. The predicted octanol–water partition coefficient (Wildman–Crippen LogP) is 9.52. The Hall–Kier alpha value is -2.75. The molecule has 0 radical (unpaired) electrons. The second-order valence-electron chi connectivity index (χ2n) is 22.4. The van der Waals surface area contributed by atoms with Crippen LogP contribution >= 0.6 is 11.6 Å². The molecule has 6 aliphatic rings. The quantitative estimate of drug-likeness (QED) is 0.188. The number of allylic oxidation sites excluding steroid dienone is 1. The van der Waals surface area contributed by atoms with Gasteiger partial charge in [0.25, 0.3) is 0 Å². The predicted molar refractivity (Wildman–Crippen MR) is 234 cm³/mol. The van der Waals surface area contributed by atoms with Crippen LogP contribution in [0.1, 0.15) is 145 Å². The zero-order chi connectivity index (χ0) is 43.8. The van der Waals surface area contributed by atoms with Gasteiger partial charge < -0.3 is 19.8 Å². The number of hydrogen-bond donors (Lipinski definition) is 2. The van der Waals surface area contributed by atoms with Gasteiger partial charge in [-0.15, -0.1) is 0 Å². The Bertz CT molecular complexity index is 1890. The van der Waals surface area contributed by atoms with Gasteiger partial charge in [-0.25, -0.2) is 0 Å². The van der Waals surface area contributed by atoms with E-state index in [1.165, 1.54) is 5.57 Å². The Balaban J connectivity index is 1.16. The van der Waals surface area contributed by atoms with Gasteiger partial charge in [-0.3, -0.25) is 24.1 Å². The SMILES string of the molecule is CC(C)C1=C2[C@H]3CC[C@@H]4[C@@]5(C)CC[C@H](OC(=O)CC(C)(C)C(=O)O)C(C)(C)[C@@H]5CC[C@@]4(C)[C@]3(C)CCC2(C(O)CN(CCN2CCCC2=O)Cc2ccc(Cl)cc2)CC1=O. The molecular formula is C50H73ClN2O7.